The maximum atomic E-state index is 5.79. The third-order valence-electron chi connectivity index (χ3n) is 4.22. The molecule has 0 fully saturated rings. The Bertz CT molecular complexity index is 248. The Morgan fingerprint density at radius 1 is 1.50 bits per heavy atom. The summed E-state index contributed by atoms with van der Waals surface area (Å²) in [6.45, 7) is 4.51. The van der Waals surface area contributed by atoms with Crippen LogP contribution in [0.4, 0.5) is 0 Å². The minimum atomic E-state index is 0.0952. The van der Waals surface area contributed by atoms with E-state index < -0.39 is 0 Å². The molecular weight excluding hydrogens is 198 g/mol. The summed E-state index contributed by atoms with van der Waals surface area (Å²) in [5, 5.41) is 0. The van der Waals surface area contributed by atoms with Crippen molar-refractivity contribution in [2.75, 3.05) is 14.1 Å². The van der Waals surface area contributed by atoms with Crippen LogP contribution in [-0.2, 0) is 0 Å². The second kappa shape index (κ2) is 5.80. The number of likely N-dealkylation sites (N-methyl/N-ethyl adjacent to an activating group) is 1. The third kappa shape index (κ3) is 2.65. The van der Waals surface area contributed by atoms with Crippen LogP contribution in [0.3, 0.4) is 0 Å². The van der Waals surface area contributed by atoms with E-state index in [-0.39, 0.29) is 11.6 Å². The fourth-order valence-electron chi connectivity index (χ4n) is 2.59. The molecule has 1 rings (SSSR count). The fraction of sp³-hybridized carbons (Fsp3) is 0.846. The van der Waals surface area contributed by atoms with Gasteiger partial charge in [-0.15, -0.1) is 0 Å². The van der Waals surface area contributed by atoms with Crippen molar-refractivity contribution in [3.63, 3.8) is 0 Å². The van der Waals surface area contributed by atoms with Crippen LogP contribution in [-0.4, -0.2) is 30.6 Å². The fourth-order valence-corrected chi connectivity index (χ4v) is 2.59. The lowest BCUT2D eigenvalue weighted by Crippen LogP contribution is -2.59. The molecule has 0 radical (unpaired) electrons. The molecule has 3 N–H and O–H groups in total. The van der Waals surface area contributed by atoms with E-state index in [2.05, 4.69) is 44.3 Å². The van der Waals surface area contributed by atoms with Crippen LogP contribution >= 0.6 is 0 Å². The van der Waals surface area contributed by atoms with E-state index in [1.54, 1.807) is 0 Å². The van der Waals surface area contributed by atoms with Gasteiger partial charge < -0.3 is 4.90 Å². The summed E-state index contributed by atoms with van der Waals surface area (Å²) >= 11 is 0. The molecule has 0 saturated heterocycles. The zero-order chi connectivity index (χ0) is 12.2. The molecule has 94 valence electrons. The van der Waals surface area contributed by atoms with Crippen molar-refractivity contribution in [1.29, 1.82) is 0 Å². The number of nitrogens with two attached hydrogens (primary N) is 1. The summed E-state index contributed by atoms with van der Waals surface area (Å²) in [5.74, 6) is 5.79. The Labute approximate surface area is 100 Å². The summed E-state index contributed by atoms with van der Waals surface area (Å²) in [6, 6.07) is 0.271. The lowest BCUT2D eigenvalue weighted by Gasteiger charge is -2.44. The van der Waals surface area contributed by atoms with Crippen LogP contribution in [0.1, 0.15) is 46.0 Å². The first kappa shape index (κ1) is 13.7. The molecule has 0 bridgehead atoms. The molecular formula is C13H27N3. The molecule has 1 aliphatic rings. The van der Waals surface area contributed by atoms with E-state index in [9.17, 15) is 0 Å². The van der Waals surface area contributed by atoms with Crippen molar-refractivity contribution >= 4 is 0 Å². The SMILES string of the molecule is CCC(C)(C(NN)C1=CCCCC1)N(C)C. The Morgan fingerprint density at radius 2 is 2.19 bits per heavy atom. The number of rotatable bonds is 5. The highest BCUT2D eigenvalue weighted by Gasteiger charge is 2.36. The number of hydrazine groups is 1. The molecule has 0 aromatic rings. The lowest BCUT2D eigenvalue weighted by molar-refractivity contribution is 0.126. The molecule has 0 aromatic carbocycles. The van der Waals surface area contributed by atoms with Gasteiger partial charge in [-0.05, 0) is 53.1 Å². The van der Waals surface area contributed by atoms with Crippen molar-refractivity contribution in [3.05, 3.63) is 11.6 Å². The first-order chi connectivity index (χ1) is 7.56. The van der Waals surface area contributed by atoms with Crippen molar-refractivity contribution in [3.8, 4) is 0 Å². The standard InChI is InChI=1S/C13H27N3/c1-5-13(2,16(3)4)12(15-14)11-9-7-6-8-10-11/h9,12,15H,5-8,10,14H2,1-4H3. The minimum Gasteiger partial charge on any atom is -0.302 e. The van der Waals surface area contributed by atoms with Gasteiger partial charge in [0, 0.05) is 5.54 Å². The first-order valence-electron chi connectivity index (χ1n) is 6.38. The lowest BCUT2D eigenvalue weighted by atomic mass is 9.80. The number of allylic oxidation sites excluding steroid dienone is 1. The topological polar surface area (TPSA) is 41.3 Å². The van der Waals surface area contributed by atoms with Gasteiger partial charge in [-0.1, -0.05) is 18.6 Å². The minimum absolute atomic E-state index is 0.0952. The average Bonchev–Trinajstić information content (AvgIpc) is 2.30. The molecule has 0 heterocycles. The molecule has 0 amide bonds. The smallest absolute Gasteiger partial charge is 0.0600 e. The second-order valence-electron chi connectivity index (χ2n) is 5.23. The quantitative estimate of drug-likeness (QED) is 0.427. The molecule has 3 nitrogen and oxygen atoms in total. The van der Waals surface area contributed by atoms with Gasteiger partial charge >= 0.3 is 0 Å². The maximum absolute atomic E-state index is 5.79. The second-order valence-corrected chi connectivity index (χ2v) is 5.23. The molecule has 16 heavy (non-hydrogen) atoms. The van der Waals surface area contributed by atoms with Crippen LogP contribution in [0.25, 0.3) is 0 Å². The molecule has 1 aliphatic carbocycles. The van der Waals surface area contributed by atoms with Gasteiger partial charge in [0.15, 0.2) is 0 Å². The van der Waals surface area contributed by atoms with Crippen molar-refractivity contribution in [2.24, 2.45) is 5.84 Å². The highest BCUT2D eigenvalue weighted by molar-refractivity contribution is 5.19. The Hall–Kier alpha value is -0.380. The molecule has 3 heteroatoms. The highest BCUT2D eigenvalue weighted by atomic mass is 15.3. The average molecular weight is 225 g/mol. The number of hydrogen-bond donors (Lipinski definition) is 2. The normalized spacial score (nSPS) is 22.8. The molecule has 0 saturated carbocycles. The zero-order valence-electron chi connectivity index (χ0n) is 11.2. The van der Waals surface area contributed by atoms with Crippen LogP contribution in [0.15, 0.2) is 11.6 Å². The van der Waals surface area contributed by atoms with Gasteiger partial charge in [-0.25, -0.2) is 0 Å². The van der Waals surface area contributed by atoms with Gasteiger partial charge in [0.2, 0.25) is 0 Å². The predicted molar refractivity (Wildman–Crippen MR) is 70.0 cm³/mol. The highest BCUT2D eigenvalue weighted by Crippen LogP contribution is 2.30. The van der Waals surface area contributed by atoms with E-state index in [0.717, 1.165) is 6.42 Å². The number of nitrogens with one attached hydrogen (secondary N) is 1. The van der Waals surface area contributed by atoms with Gasteiger partial charge in [-0.3, -0.25) is 11.3 Å². The van der Waals surface area contributed by atoms with Crippen LogP contribution in [0, 0.1) is 0 Å². The summed E-state index contributed by atoms with van der Waals surface area (Å²) in [5.41, 5.74) is 4.62. The summed E-state index contributed by atoms with van der Waals surface area (Å²) in [6.07, 6.45) is 8.50. The maximum Gasteiger partial charge on any atom is 0.0600 e. The summed E-state index contributed by atoms with van der Waals surface area (Å²) in [4.78, 5) is 2.28. The van der Waals surface area contributed by atoms with E-state index in [4.69, 9.17) is 5.84 Å². The largest absolute Gasteiger partial charge is 0.302 e. The Kier molecular flexibility index (Phi) is 4.96. The van der Waals surface area contributed by atoms with Crippen molar-refractivity contribution in [1.82, 2.24) is 10.3 Å². The number of nitrogens with zero attached hydrogens (tertiary/aromatic N) is 1. The van der Waals surface area contributed by atoms with E-state index >= 15 is 0 Å². The van der Waals surface area contributed by atoms with Gasteiger partial charge in [0.1, 0.15) is 0 Å². The molecule has 0 spiro atoms. The van der Waals surface area contributed by atoms with Gasteiger partial charge in [0.25, 0.3) is 0 Å². The molecule has 2 atom stereocenters. The Balaban J connectivity index is 2.90. The van der Waals surface area contributed by atoms with Gasteiger partial charge in [0.05, 0.1) is 6.04 Å². The van der Waals surface area contributed by atoms with E-state index in [0.29, 0.717) is 0 Å². The molecule has 0 aliphatic heterocycles. The summed E-state index contributed by atoms with van der Waals surface area (Å²) < 4.78 is 0. The van der Waals surface area contributed by atoms with E-state index in [1.807, 2.05) is 0 Å². The zero-order valence-corrected chi connectivity index (χ0v) is 11.2. The molecule has 0 aromatic heterocycles. The Morgan fingerprint density at radius 3 is 2.56 bits per heavy atom. The third-order valence-corrected chi connectivity index (χ3v) is 4.22. The van der Waals surface area contributed by atoms with Crippen molar-refractivity contribution < 1.29 is 0 Å². The van der Waals surface area contributed by atoms with Crippen LogP contribution in [0.5, 0.6) is 0 Å². The van der Waals surface area contributed by atoms with Crippen LogP contribution < -0.4 is 11.3 Å². The van der Waals surface area contributed by atoms with Crippen molar-refractivity contribution in [2.45, 2.75) is 57.5 Å². The number of hydrogen-bond acceptors (Lipinski definition) is 3. The predicted octanol–water partition coefficient (Wildman–Crippen LogP) is 2.05. The monoisotopic (exact) mass is 225 g/mol. The summed E-state index contributed by atoms with van der Waals surface area (Å²) in [7, 11) is 4.27. The van der Waals surface area contributed by atoms with E-state index in [1.165, 1.54) is 31.3 Å². The first-order valence-corrected chi connectivity index (χ1v) is 6.38. The van der Waals surface area contributed by atoms with Gasteiger partial charge in [-0.2, -0.15) is 0 Å². The molecule has 2 unspecified atom stereocenters. The van der Waals surface area contributed by atoms with Crippen LogP contribution in [0.2, 0.25) is 0 Å².